The van der Waals surface area contributed by atoms with Crippen molar-refractivity contribution >= 4 is 5.97 Å². The molecule has 1 atom stereocenters. The molecule has 2 rings (SSSR count). The van der Waals surface area contributed by atoms with Crippen LogP contribution in [0.15, 0.2) is 0 Å². The molecule has 18 heavy (non-hydrogen) atoms. The number of aliphatic carboxylic acids is 1. The van der Waals surface area contributed by atoms with E-state index in [1.165, 1.54) is 6.42 Å². The van der Waals surface area contributed by atoms with Gasteiger partial charge < -0.3 is 10.2 Å². The van der Waals surface area contributed by atoms with Crippen LogP contribution >= 0.6 is 0 Å². The van der Waals surface area contributed by atoms with Crippen molar-refractivity contribution in [3.05, 3.63) is 0 Å². The smallest absolute Gasteiger partial charge is 0.310 e. The molecular formula is C14H25NO3. The van der Waals surface area contributed by atoms with E-state index in [0.717, 1.165) is 38.6 Å². The molecule has 1 saturated carbocycles. The van der Waals surface area contributed by atoms with Crippen LogP contribution in [0.4, 0.5) is 0 Å². The Hall–Kier alpha value is -0.610. The van der Waals surface area contributed by atoms with Gasteiger partial charge in [0.2, 0.25) is 0 Å². The van der Waals surface area contributed by atoms with Gasteiger partial charge in [0.05, 0.1) is 11.0 Å². The number of carboxylic acids is 1. The van der Waals surface area contributed by atoms with Gasteiger partial charge in [-0.05, 0) is 32.2 Å². The van der Waals surface area contributed by atoms with E-state index >= 15 is 0 Å². The van der Waals surface area contributed by atoms with Crippen molar-refractivity contribution < 1.29 is 15.0 Å². The molecule has 1 unspecified atom stereocenters. The first-order valence-corrected chi connectivity index (χ1v) is 7.18. The Balaban J connectivity index is 1.94. The van der Waals surface area contributed by atoms with Gasteiger partial charge in [-0.1, -0.05) is 26.2 Å². The first kappa shape index (κ1) is 13.8. The van der Waals surface area contributed by atoms with Crippen LogP contribution in [0.5, 0.6) is 0 Å². The summed E-state index contributed by atoms with van der Waals surface area (Å²) in [5.74, 6) is -0.678. The topological polar surface area (TPSA) is 60.8 Å². The minimum Gasteiger partial charge on any atom is -0.481 e. The monoisotopic (exact) mass is 255 g/mol. The molecule has 1 saturated heterocycles. The summed E-state index contributed by atoms with van der Waals surface area (Å²) < 4.78 is 0. The van der Waals surface area contributed by atoms with Crippen LogP contribution < -0.4 is 0 Å². The van der Waals surface area contributed by atoms with Crippen LogP contribution in [0.25, 0.3) is 0 Å². The average Bonchev–Trinajstić information content (AvgIpc) is 2.74. The number of hydrogen-bond donors (Lipinski definition) is 2. The number of aliphatic hydroxyl groups is 1. The molecule has 104 valence electrons. The Morgan fingerprint density at radius 3 is 2.39 bits per heavy atom. The van der Waals surface area contributed by atoms with Crippen LogP contribution in [-0.4, -0.2) is 46.3 Å². The zero-order chi connectivity index (χ0) is 13.2. The van der Waals surface area contributed by atoms with Crippen molar-refractivity contribution in [1.29, 1.82) is 0 Å². The van der Waals surface area contributed by atoms with Gasteiger partial charge in [0.25, 0.3) is 0 Å². The normalized spacial score (nSPS) is 32.6. The molecule has 0 radical (unpaired) electrons. The largest absolute Gasteiger partial charge is 0.481 e. The van der Waals surface area contributed by atoms with Crippen LogP contribution in [-0.2, 0) is 4.79 Å². The Morgan fingerprint density at radius 1 is 1.22 bits per heavy atom. The quantitative estimate of drug-likeness (QED) is 0.805. The highest BCUT2D eigenvalue weighted by Crippen LogP contribution is 2.36. The number of β-amino-alcohol motifs (C(OH)–C–C–N with tert-alkyl or cyclic N) is 1. The van der Waals surface area contributed by atoms with Gasteiger partial charge in [0.15, 0.2) is 0 Å². The number of nitrogens with zero attached hydrogens (tertiary/aromatic N) is 1. The molecule has 0 spiro atoms. The number of hydrogen-bond acceptors (Lipinski definition) is 3. The van der Waals surface area contributed by atoms with Crippen molar-refractivity contribution in [3.8, 4) is 0 Å². The van der Waals surface area contributed by atoms with E-state index in [4.69, 9.17) is 0 Å². The highest BCUT2D eigenvalue weighted by molar-refractivity contribution is 5.75. The third kappa shape index (κ3) is 2.69. The highest BCUT2D eigenvalue weighted by Gasteiger charge is 2.45. The van der Waals surface area contributed by atoms with Crippen molar-refractivity contribution in [3.63, 3.8) is 0 Å². The van der Waals surface area contributed by atoms with E-state index in [-0.39, 0.29) is 0 Å². The predicted molar refractivity (Wildman–Crippen MR) is 69.5 cm³/mol. The fourth-order valence-electron chi connectivity index (χ4n) is 3.49. The van der Waals surface area contributed by atoms with Gasteiger partial charge in [-0.3, -0.25) is 9.69 Å². The average molecular weight is 255 g/mol. The van der Waals surface area contributed by atoms with E-state index in [1.54, 1.807) is 0 Å². The lowest BCUT2D eigenvalue weighted by Crippen LogP contribution is -2.45. The molecule has 2 N–H and O–H groups in total. The molecule has 0 aromatic rings. The van der Waals surface area contributed by atoms with E-state index in [9.17, 15) is 15.0 Å². The minimum absolute atomic E-state index is 0.569. The molecule has 4 nitrogen and oxygen atoms in total. The third-order valence-corrected chi connectivity index (χ3v) is 4.87. The van der Waals surface area contributed by atoms with E-state index in [1.807, 2.05) is 6.92 Å². The van der Waals surface area contributed by atoms with Crippen molar-refractivity contribution in [2.45, 2.75) is 57.5 Å². The number of carbonyl (C=O) groups is 1. The minimum atomic E-state index is -0.678. The van der Waals surface area contributed by atoms with Crippen molar-refractivity contribution in [1.82, 2.24) is 4.90 Å². The lowest BCUT2D eigenvalue weighted by Gasteiger charge is -2.36. The zero-order valence-electron chi connectivity index (χ0n) is 11.3. The first-order chi connectivity index (χ1) is 8.50. The summed E-state index contributed by atoms with van der Waals surface area (Å²) in [6, 6.07) is 0. The molecule has 1 heterocycles. The van der Waals surface area contributed by atoms with Crippen molar-refractivity contribution in [2.24, 2.45) is 5.41 Å². The van der Waals surface area contributed by atoms with E-state index in [2.05, 4.69) is 4.90 Å². The van der Waals surface area contributed by atoms with Gasteiger partial charge in [-0.15, -0.1) is 0 Å². The number of carboxylic acid groups (broad SMARTS) is 1. The van der Waals surface area contributed by atoms with E-state index < -0.39 is 17.0 Å². The molecular weight excluding hydrogens is 230 g/mol. The van der Waals surface area contributed by atoms with Gasteiger partial charge >= 0.3 is 5.97 Å². The second-order valence-electron chi connectivity index (χ2n) is 6.18. The summed E-state index contributed by atoms with van der Waals surface area (Å²) in [6.07, 6.45) is 6.55. The molecule has 0 amide bonds. The molecule has 1 aliphatic heterocycles. The summed E-state index contributed by atoms with van der Waals surface area (Å²) in [5, 5.41) is 19.9. The summed E-state index contributed by atoms with van der Waals surface area (Å²) >= 11 is 0. The Labute approximate surface area is 109 Å². The Bertz CT molecular complexity index is 312. The first-order valence-electron chi connectivity index (χ1n) is 7.18. The predicted octanol–water partition coefficient (Wildman–Crippen LogP) is 1.87. The molecule has 0 aromatic carbocycles. The Kier molecular flexibility index (Phi) is 3.97. The van der Waals surface area contributed by atoms with Crippen LogP contribution in [0.3, 0.4) is 0 Å². The zero-order valence-corrected chi connectivity index (χ0v) is 11.3. The van der Waals surface area contributed by atoms with E-state index in [0.29, 0.717) is 19.5 Å². The lowest BCUT2D eigenvalue weighted by molar-refractivity contribution is -0.148. The van der Waals surface area contributed by atoms with Gasteiger partial charge in [0, 0.05) is 13.1 Å². The van der Waals surface area contributed by atoms with Crippen molar-refractivity contribution in [2.75, 3.05) is 19.6 Å². The van der Waals surface area contributed by atoms with Crippen LogP contribution in [0.2, 0.25) is 0 Å². The molecule has 0 aromatic heterocycles. The van der Waals surface area contributed by atoms with Crippen LogP contribution in [0.1, 0.15) is 51.9 Å². The summed E-state index contributed by atoms with van der Waals surface area (Å²) in [5.41, 5.74) is -1.15. The van der Waals surface area contributed by atoms with Crippen LogP contribution in [0, 0.1) is 5.41 Å². The third-order valence-electron chi connectivity index (χ3n) is 4.87. The molecule has 2 aliphatic rings. The molecule has 1 aliphatic carbocycles. The second-order valence-corrected chi connectivity index (χ2v) is 6.18. The maximum absolute atomic E-state index is 11.4. The molecule has 4 heteroatoms. The SMILES string of the molecule is CCC1(C(=O)O)CCN(CC2(O)CCCCC2)C1. The number of rotatable bonds is 4. The van der Waals surface area contributed by atoms with Gasteiger partial charge in [-0.25, -0.2) is 0 Å². The second kappa shape index (κ2) is 5.17. The fraction of sp³-hybridized carbons (Fsp3) is 0.929. The highest BCUT2D eigenvalue weighted by atomic mass is 16.4. The summed E-state index contributed by atoms with van der Waals surface area (Å²) in [4.78, 5) is 13.5. The Morgan fingerprint density at radius 2 is 1.89 bits per heavy atom. The maximum Gasteiger partial charge on any atom is 0.310 e. The van der Waals surface area contributed by atoms with Gasteiger partial charge in [0.1, 0.15) is 0 Å². The standard InChI is InChI=1S/C14H25NO3/c1-2-13(12(16)17)8-9-15(10-13)11-14(18)6-4-3-5-7-14/h18H,2-11H2,1H3,(H,16,17). The number of likely N-dealkylation sites (tertiary alicyclic amines) is 1. The van der Waals surface area contributed by atoms with Gasteiger partial charge in [-0.2, -0.15) is 0 Å². The lowest BCUT2D eigenvalue weighted by atomic mass is 9.83. The summed E-state index contributed by atoms with van der Waals surface area (Å²) in [7, 11) is 0. The maximum atomic E-state index is 11.4. The molecule has 0 bridgehead atoms. The summed E-state index contributed by atoms with van der Waals surface area (Å²) in [6.45, 7) is 4.01. The fourth-order valence-corrected chi connectivity index (χ4v) is 3.49. The molecule has 2 fully saturated rings.